The summed E-state index contributed by atoms with van der Waals surface area (Å²) in [4.78, 5) is 15.3. The van der Waals surface area contributed by atoms with Crippen LogP contribution in [-0.4, -0.2) is 49.6 Å². The van der Waals surface area contributed by atoms with Gasteiger partial charge in [0.15, 0.2) is 17.3 Å². The van der Waals surface area contributed by atoms with E-state index in [0.717, 1.165) is 37.2 Å². The Balaban J connectivity index is 1.46. The number of nitrogens with one attached hydrogen (secondary N) is 1. The molecule has 0 fully saturated rings. The fourth-order valence-electron chi connectivity index (χ4n) is 4.85. The number of hydrogen-bond donors (Lipinski definition) is 2. The molecule has 0 spiro atoms. The van der Waals surface area contributed by atoms with Gasteiger partial charge in [-0.05, 0) is 48.7 Å². The number of aliphatic hydroxyl groups is 1. The van der Waals surface area contributed by atoms with Crippen LogP contribution in [0.1, 0.15) is 35.6 Å². The molecule has 7 nitrogen and oxygen atoms in total. The Bertz CT molecular complexity index is 1170. The van der Waals surface area contributed by atoms with Gasteiger partial charge in [-0.15, -0.1) is 0 Å². The van der Waals surface area contributed by atoms with Gasteiger partial charge in [0.2, 0.25) is 5.75 Å². The molecule has 0 aromatic heterocycles. The van der Waals surface area contributed by atoms with Gasteiger partial charge in [-0.2, -0.15) is 0 Å². The van der Waals surface area contributed by atoms with Crippen molar-refractivity contribution in [1.29, 1.82) is 0 Å². The van der Waals surface area contributed by atoms with E-state index < -0.39 is 5.60 Å². The highest BCUT2D eigenvalue weighted by molar-refractivity contribution is 5.91. The minimum Gasteiger partial charge on any atom is -0.493 e. The lowest BCUT2D eigenvalue weighted by Crippen LogP contribution is -2.39. The van der Waals surface area contributed by atoms with Crippen LogP contribution >= 0.6 is 0 Å². The van der Waals surface area contributed by atoms with E-state index >= 15 is 0 Å². The first kappa shape index (κ1) is 26.7. The topological polar surface area (TPSA) is 80.3 Å². The summed E-state index contributed by atoms with van der Waals surface area (Å²) in [7, 11) is 3.15. The van der Waals surface area contributed by atoms with E-state index in [0.29, 0.717) is 29.4 Å². The van der Waals surface area contributed by atoms with Crippen molar-refractivity contribution < 1.29 is 24.1 Å². The standard InChI is InChI=1S/C30H36N2O5/c1-30(34)27(33)20-32(17-9-16-31-18-22-10-5-4-6-11-22)19-23-12-7-13-24(28(23)30)21-37-29-25(35-2)14-8-15-26(29)36-3/h4-8,10-15,31,34H,9,16-21H2,1-3H3/t30-/m0/s1. The molecule has 0 amide bonds. The van der Waals surface area contributed by atoms with Gasteiger partial charge < -0.3 is 24.6 Å². The van der Waals surface area contributed by atoms with Crippen molar-refractivity contribution in [2.45, 2.75) is 38.6 Å². The number of nitrogens with zero attached hydrogens (tertiary/aromatic N) is 1. The maximum Gasteiger partial charge on any atom is 0.203 e. The summed E-state index contributed by atoms with van der Waals surface area (Å²) in [6.45, 7) is 4.94. The Hall–Kier alpha value is -3.39. The molecular formula is C30H36N2O5. The number of ether oxygens (including phenoxy) is 3. The third-order valence-electron chi connectivity index (χ3n) is 6.78. The van der Waals surface area contributed by atoms with E-state index in [9.17, 15) is 9.90 Å². The molecule has 1 heterocycles. The zero-order valence-electron chi connectivity index (χ0n) is 21.8. The van der Waals surface area contributed by atoms with Crippen LogP contribution in [0.15, 0.2) is 66.7 Å². The molecule has 2 N–H and O–H groups in total. The van der Waals surface area contributed by atoms with E-state index in [1.807, 2.05) is 42.5 Å². The fraction of sp³-hybridized carbons (Fsp3) is 0.367. The Kier molecular flexibility index (Phi) is 8.82. The van der Waals surface area contributed by atoms with Crippen LogP contribution in [0.25, 0.3) is 0 Å². The van der Waals surface area contributed by atoms with Crippen molar-refractivity contribution in [3.63, 3.8) is 0 Å². The molecule has 0 saturated heterocycles. The summed E-state index contributed by atoms with van der Waals surface area (Å²) in [6.07, 6.45) is 0.897. The first-order valence-electron chi connectivity index (χ1n) is 12.6. The molecule has 0 unspecified atom stereocenters. The summed E-state index contributed by atoms with van der Waals surface area (Å²) in [6, 6.07) is 21.5. The Labute approximate surface area is 219 Å². The van der Waals surface area contributed by atoms with E-state index in [2.05, 4.69) is 22.3 Å². The minimum absolute atomic E-state index is 0.159. The lowest BCUT2D eigenvalue weighted by molar-refractivity contribution is -0.137. The third-order valence-corrected chi connectivity index (χ3v) is 6.78. The van der Waals surface area contributed by atoms with Gasteiger partial charge in [-0.1, -0.05) is 54.6 Å². The average Bonchev–Trinajstić information content (AvgIpc) is 3.00. The predicted molar refractivity (Wildman–Crippen MR) is 143 cm³/mol. The van der Waals surface area contributed by atoms with Crippen molar-refractivity contribution in [2.75, 3.05) is 33.9 Å². The van der Waals surface area contributed by atoms with Crippen molar-refractivity contribution in [3.8, 4) is 17.2 Å². The Morgan fingerprint density at radius 1 is 0.946 bits per heavy atom. The third kappa shape index (κ3) is 6.31. The lowest BCUT2D eigenvalue weighted by Gasteiger charge is -2.25. The molecule has 1 aliphatic rings. The first-order chi connectivity index (χ1) is 17.9. The Morgan fingerprint density at radius 3 is 2.35 bits per heavy atom. The van der Waals surface area contributed by atoms with Gasteiger partial charge in [-0.3, -0.25) is 9.69 Å². The van der Waals surface area contributed by atoms with Gasteiger partial charge in [-0.25, -0.2) is 0 Å². The van der Waals surface area contributed by atoms with Crippen molar-refractivity contribution in [1.82, 2.24) is 10.2 Å². The van der Waals surface area contributed by atoms with E-state index in [1.54, 1.807) is 33.3 Å². The molecule has 7 heteroatoms. The smallest absolute Gasteiger partial charge is 0.203 e. The molecule has 1 aliphatic heterocycles. The summed E-state index contributed by atoms with van der Waals surface area (Å²) < 4.78 is 17.0. The summed E-state index contributed by atoms with van der Waals surface area (Å²) in [5.74, 6) is 1.37. The molecule has 4 rings (SSSR count). The van der Waals surface area contributed by atoms with Crippen molar-refractivity contribution in [2.24, 2.45) is 0 Å². The fourth-order valence-corrected chi connectivity index (χ4v) is 4.85. The van der Waals surface area contributed by atoms with Crippen LogP contribution in [-0.2, 0) is 30.1 Å². The zero-order chi connectivity index (χ0) is 26.3. The number of hydrogen-bond acceptors (Lipinski definition) is 7. The van der Waals surface area contributed by atoms with Crippen LogP contribution in [0.4, 0.5) is 0 Å². The van der Waals surface area contributed by atoms with Crippen molar-refractivity contribution in [3.05, 3.63) is 89.0 Å². The molecule has 1 atom stereocenters. The highest BCUT2D eigenvalue weighted by atomic mass is 16.5. The second-order valence-electron chi connectivity index (χ2n) is 9.45. The number of carbonyl (C=O) groups is 1. The molecular weight excluding hydrogens is 468 g/mol. The van der Waals surface area contributed by atoms with Crippen LogP contribution in [0.5, 0.6) is 17.2 Å². The monoisotopic (exact) mass is 504 g/mol. The normalized spacial score (nSPS) is 17.7. The molecule has 0 saturated carbocycles. The number of methoxy groups -OCH3 is 2. The SMILES string of the molecule is COc1cccc(OC)c1OCc1cccc2c1[C@@](C)(O)C(=O)CN(CCCNCc1ccccc1)C2. The first-order valence-corrected chi connectivity index (χ1v) is 12.6. The number of ketones is 1. The van der Waals surface area contributed by atoms with Crippen LogP contribution < -0.4 is 19.5 Å². The summed E-state index contributed by atoms with van der Waals surface area (Å²) in [5, 5.41) is 14.9. The maximum atomic E-state index is 13.2. The summed E-state index contributed by atoms with van der Waals surface area (Å²) >= 11 is 0. The molecule has 0 bridgehead atoms. The molecule has 0 aliphatic carbocycles. The number of benzene rings is 3. The minimum atomic E-state index is -1.61. The quantitative estimate of drug-likeness (QED) is 0.381. The highest BCUT2D eigenvalue weighted by Crippen LogP contribution is 2.39. The highest BCUT2D eigenvalue weighted by Gasteiger charge is 2.39. The Morgan fingerprint density at radius 2 is 1.65 bits per heavy atom. The predicted octanol–water partition coefficient (Wildman–Crippen LogP) is 4.05. The number of fused-ring (bicyclic) bond motifs is 1. The number of para-hydroxylation sites is 1. The number of rotatable bonds is 11. The maximum absolute atomic E-state index is 13.2. The van der Waals surface area contributed by atoms with Gasteiger partial charge >= 0.3 is 0 Å². The second-order valence-corrected chi connectivity index (χ2v) is 9.45. The second kappa shape index (κ2) is 12.2. The van der Waals surface area contributed by atoms with E-state index in [1.165, 1.54) is 5.56 Å². The van der Waals surface area contributed by atoms with E-state index in [4.69, 9.17) is 14.2 Å². The van der Waals surface area contributed by atoms with E-state index in [-0.39, 0.29) is 18.9 Å². The zero-order valence-corrected chi connectivity index (χ0v) is 21.8. The average molecular weight is 505 g/mol. The largest absolute Gasteiger partial charge is 0.493 e. The van der Waals surface area contributed by atoms with Gasteiger partial charge in [0.1, 0.15) is 12.2 Å². The van der Waals surface area contributed by atoms with Crippen molar-refractivity contribution >= 4 is 5.78 Å². The lowest BCUT2D eigenvalue weighted by atomic mass is 9.85. The van der Waals surface area contributed by atoms with Gasteiger partial charge in [0.25, 0.3) is 0 Å². The van der Waals surface area contributed by atoms with Gasteiger partial charge in [0.05, 0.1) is 20.8 Å². The number of Topliss-reactive ketones (excluding diaryl/α,β-unsaturated/α-hetero) is 1. The molecule has 196 valence electrons. The molecule has 3 aromatic rings. The van der Waals surface area contributed by atoms with Crippen LogP contribution in [0.3, 0.4) is 0 Å². The van der Waals surface area contributed by atoms with Gasteiger partial charge in [0, 0.05) is 25.2 Å². The molecule has 37 heavy (non-hydrogen) atoms. The molecule has 0 radical (unpaired) electrons. The van der Waals surface area contributed by atoms with Crippen LogP contribution in [0.2, 0.25) is 0 Å². The summed E-state index contributed by atoms with van der Waals surface area (Å²) in [5.41, 5.74) is 1.95. The van der Waals surface area contributed by atoms with Crippen LogP contribution in [0, 0.1) is 0 Å². The number of carbonyl (C=O) groups excluding carboxylic acids is 1. The molecule has 3 aromatic carbocycles.